The average Bonchev–Trinajstić information content (AvgIpc) is 3.03. The lowest BCUT2D eigenvalue weighted by Gasteiger charge is -2.34. The van der Waals surface area contributed by atoms with E-state index in [1.54, 1.807) is 12.1 Å². The molecule has 0 spiro atoms. The molecule has 1 amide bonds. The second-order valence-corrected chi connectivity index (χ2v) is 7.30. The number of pyridine rings is 1. The Labute approximate surface area is 161 Å². The highest BCUT2D eigenvalue weighted by Gasteiger charge is 2.22. The highest BCUT2D eigenvalue weighted by atomic mass is 35.5. The Morgan fingerprint density at radius 2 is 1.81 bits per heavy atom. The van der Waals surface area contributed by atoms with Crippen LogP contribution in [0.2, 0.25) is 10.0 Å². The monoisotopic (exact) mass is 388 g/mol. The van der Waals surface area contributed by atoms with Crippen molar-refractivity contribution in [1.82, 2.24) is 19.2 Å². The van der Waals surface area contributed by atoms with E-state index in [-0.39, 0.29) is 5.91 Å². The molecule has 1 saturated heterocycles. The Balaban J connectivity index is 1.37. The molecule has 0 bridgehead atoms. The summed E-state index contributed by atoms with van der Waals surface area (Å²) in [6, 6.07) is 10.9. The number of imidazole rings is 1. The zero-order valence-corrected chi connectivity index (χ0v) is 15.6. The predicted molar refractivity (Wildman–Crippen MR) is 103 cm³/mol. The number of benzene rings is 1. The Hall–Kier alpha value is -2.08. The minimum absolute atomic E-state index is 0.0366. The van der Waals surface area contributed by atoms with Crippen LogP contribution in [0.15, 0.2) is 48.8 Å². The second kappa shape index (κ2) is 7.27. The van der Waals surface area contributed by atoms with Gasteiger partial charge in [-0.15, -0.1) is 0 Å². The molecular formula is C19H18Cl2N4O. The lowest BCUT2D eigenvalue weighted by atomic mass is 10.2. The summed E-state index contributed by atoms with van der Waals surface area (Å²) in [7, 11) is 0. The van der Waals surface area contributed by atoms with E-state index in [0.29, 0.717) is 28.7 Å². The molecule has 0 atom stereocenters. The SMILES string of the molecule is O=C(c1cccc(Cl)c1)N1CCN(Cc2cn3cc(Cl)ccc3n2)CC1. The Morgan fingerprint density at radius 1 is 1.00 bits per heavy atom. The van der Waals surface area contributed by atoms with Gasteiger partial charge in [-0.25, -0.2) is 4.98 Å². The summed E-state index contributed by atoms with van der Waals surface area (Å²) in [6.07, 6.45) is 3.86. The molecule has 4 rings (SSSR count). The average molecular weight is 389 g/mol. The summed E-state index contributed by atoms with van der Waals surface area (Å²) in [5.41, 5.74) is 2.53. The molecule has 0 saturated carbocycles. The van der Waals surface area contributed by atoms with Crippen LogP contribution in [-0.2, 0) is 6.54 Å². The van der Waals surface area contributed by atoms with Gasteiger partial charge < -0.3 is 9.30 Å². The molecule has 1 aliphatic rings. The molecule has 3 aromatic rings. The summed E-state index contributed by atoms with van der Waals surface area (Å²) in [5, 5.41) is 1.27. The minimum Gasteiger partial charge on any atom is -0.336 e. The van der Waals surface area contributed by atoms with E-state index in [0.717, 1.165) is 31.0 Å². The Kier molecular flexibility index (Phi) is 4.85. The molecule has 0 N–H and O–H groups in total. The normalized spacial score (nSPS) is 15.5. The van der Waals surface area contributed by atoms with Crippen molar-refractivity contribution in [2.75, 3.05) is 26.2 Å². The van der Waals surface area contributed by atoms with Crippen molar-refractivity contribution in [2.24, 2.45) is 0 Å². The molecule has 0 aliphatic carbocycles. The maximum absolute atomic E-state index is 12.6. The van der Waals surface area contributed by atoms with Gasteiger partial charge in [0.2, 0.25) is 0 Å². The lowest BCUT2D eigenvalue weighted by Crippen LogP contribution is -2.48. The fraction of sp³-hybridized carbons (Fsp3) is 0.263. The van der Waals surface area contributed by atoms with Gasteiger partial charge in [0.25, 0.3) is 5.91 Å². The van der Waals surface area contributed by atoms with E-state index < -0.39 is 0 Å². The molecule has 134 valence electrons. The maximum Gasteiger partial charge on any atom is 0.253 e. The number of aromatic nitrogens is 2. The van der Waals surface area contributed by atoms with Gasteiger partial charge in [0.05, 0.1) is 10.7 Å². The van der Waals surface area contributed by atoms with Crippen LogP contribution in [0.5, 0.6) is 0 Å². The molecular weight excluding hydrogens is 371 g/mol. The molecule has 1 aliphatic heterocycles. The summed E-state index contributed by atoms with van der Waals surface area (Å²) >= 11 is 12.0. The van der Waals surface area contributed by atoms with Gasteiger partial charge in [0.15, 0.2) is 0 Å². The van der Waals surface area contributed by atoms with Crippen molar-refractivity contribution in [1.29, 1.82) is 0 Å². The van der Waals surface area contributed by atoms with Crippen LogP contribution in [0.1, 0.15) is 16.1 Å². The van der Waals surface area contributed by atoms with Gasteiger partial charge in [-0.3, -0.25) is 9.69 Å². The third kappa shape index (κ3) is 3.70. The lowest BCUT2D eigenvalue weighted by molar-refractivity contribution is 0.0627. The van der Waals surface area contributed by atoms with Crippen LogP contribution < -0.4 is 0 Å². The van der Waals surface area contributed by atoms with E-state index in [1.165, 1.54) is 0 Å². The van der Waals surface area contributed by atoms with Crippen molar-refractivity contribution in [3.05, 3.63) is 70.1 Å². The number of nitrogens with zero attached hydrogens (tertiary/aromatic N) is 4. The van der Waals surface area contributed by atoms with Crippen molar-refractivity contribution in [3.8, 4) is 0 Å². The van der Waals surface area contributed by atoms with Gasteiger partial charge in [-0.05, 0) is 30.3 Å². The molecule has 1 aromatic carbocycles. The third-order valence-electron chi connectivity index (χ3n) is 4.58. The third-order valence-corrected chi connectivity index (χ3v) is 5.04. The van der Waals surface area contributed by atoms with Crippen molar-refractivity contribution in [2.45, 2.75) is 6.54 Å². The molecule has 0 unspecified atom stereocenters. The maximum atomic E-state index is 12.6. The summed E-state index contributed by atoms with van der Waals surface area (Å²) in [4.78, 5) is 21.4. The van der Waals surface area contributed by atoms with Gasteiger partial charge in [-0.1, -0.05) is 29.3 Å². The quantitative estimate of drug-likeness (QED) is 0.688. The van der Waals surface area contributed by atoms with Crippen molar-refractivity contribution < 1.29 is 4.79 Å². The summed E-state index contributed by atoms with van der Waals surface area (Å²) in [6.45, 7) is 3.80. The number of rotatable bonds is 3. The largest absolute Gasteiger partial charge is 0.336 e. The number of carbonyl (C=O) groups is 1. The Bertz CT molecular complexity index is 948. The topological polar surface area (TPSA) is 40.9 Å². The molecule has 3 heterocycles. The summed E-state index contributed by atoms with van der Waals surface area (Å²) in [5.74, 6) is 0.0366. The van der Waals surface area contributed by atoms with Gasteiger partial charge >= 0.3 is 0 Å². The highest BCUT2D eigenvalue weighted by Crippen LogP contribution is 2.16. The van der Waals surface area contributed by atoms with Crippen LogP contribution in [0.4, 0.5) is 0 Å². The zero-order chi connectivity index (χ0) is 18.1. The molecule has 2 aromatic heterocycles. The molecule has 5 nitrogen and oxygen atoms in total. The molecule has 26 heavy (non-hydrogen) atoms. The van der Waals surface area contributed by atoms with E-state index in [2.05, 4.69) is 9.88 Å². The molecule has 0 radical (unpaired) electrons. The first-order valence-corrected chi connectivity index (χ1v) is 9.24. The molecule has 7 heteroatoms. The summed E-state index contributed by atoms with van der Waals surface area (Å²) < 4.78 is 1.94. The van der Waals surface area contributed by atoms with E-state index in [1.807, 2.05) is 46.0 Å². The number of carbonyl (C=O) groups excluding carboxylic acids is 1. The predicted octanol–water partition coefficient (Wildman–Crippen LogP) is 3.60. The van der Waals surface area contributed by atoms with Crippen LogP contribution in [0.3, 0.4) is 0 Å². The number of hydrogen-bond donors (Lipinski definition) is 0. The Morgan fingerprint density at radius 3 is 2.58 bits per heavy atom. The zero-order valence-electron chi connectivity index (χ0n) is 14.1. The van der Waals surface area contributed by atoms with E-state index >= 15 is 0 Å². The number of fused-ring (bicyclic) bond motifs is 1. The second-order valence-electron chi connectivity index (χ2n) is 6.42. The highest BCUT2D eigenvalue weighted by molar-refractivity contribution is 6.31. The van der Waals surface area contributed by atoms with Crippen LogP contribution in [0, 0.1) is 0 Å². The smallest absolute Gasteiger partial charge is 0.253 e. The number of halogens is 2. The first-order chi connectivity index (χ1) is 12.6. The standard InChI is InChI=1S/C19H18Cl2N4O/c20-15-3-1-2-14(10-15)19(26)24-8-6-23(7-9-24)12-17-13-25-11-16(21)4-5-18(25)22-17/h1-5,10-11,13H,6-9,12H2. The van der Waals surface area contributed by atoms with Crippen molar-refractivity contribution in [3.63, 3.8) is 0 Å². The van der Waals surface area contributed by atoms with E-state index in [4.69, 9.17) is 23.2 Å². The number of amides is 1. The van der Waals surface area contributed by atoms with Gasteiger partial charge in [-0.2, -0.15) is 0 Å². The molecule has 1 fully saturated rings. The fourth-order valence-electron chi connectivity index (χ4n) is 3.24. The number of piperazine rings is 1. The first kappa shape index (κ1) is 17.3. The van der Waals surface area contributed by atoms with E-state index in [9.17, 15) is 4.79 Å². The van der Waals surface area contributed by atoms with Gasteiger partial charge in [0.1, 0.15) is 5.65 Å². The van der Waals surface area contributed by atoms with Crippen LogP contribution in [-0.4, -0.2) is 51.3 Å². The van der Waals surface area contributed by atoms with Crippen molar-refractivity contribution >= 4 is 34.8 Å². The fourth-order valence-corrected chi connectivity index (χ4v) is 3.59. The van der Waals surface area contributed by atoms with Crippen LogP contribution in [0.25, 0.3) is 5.65 Å². The van der Waals surface area contributed by atoms with Crippen LogP contribution >= 0.6 is 23.2 Å². The number of hydrogen-bond acceptors (Lipinski definition) is 3. The first-order valence-electron chi connectivity index (χ1n) is 8.49. The van der Waals surface area contributed by atoms with Gasteiger partial charge in [0, 0.05) is 55.7 Å². The minimum atomic E-state index is 0.0366.